The lowest BCUT2D eigenvalue weighted by Gasteiger charge is -2.12. The summed E-state index contributed by atoms with van der Waals surface area (Å²) in [4.78, 5) is 0. The van der Waals surface area contributed by atoms with Crippen molar-refractivity contribution in [3.05, 3.63) is 188 Å². The third kappa shape index (κ3) is 4.06. The van der Waals surface area contributed by atoms with Gasteiger partial charge in [-0.3, -0.25) is 0 Å². The van der Waals surface area contributed by atoms with E-state index in [0.717, 1.165) is 17.1 Å². The van der Waals surface area contributed by atoms with Gasteiger partial charge < -0.3 is 13.7 Å². The molecule has 3 nitrogen and oxygen atoms in total. The smallest absolute Gasteiger partial charge is 0.0641 e. The maximum atomic E-state index is 2.50. The minimum Gasteiger partial charge on any atom is -0.309 e. The fourth-order valence-electron chi connectivity index (χ4n) is 8.47. The summed E-state index contributed by atoms with van der Waals surface area (Å²) < 4.78 is 7.33. The molecule has 0 aliphatic carbocycles. The molecule has 238 valence electrons. The fraction of sp³-hybridized carbons (Fsp3) is 0. The van der Waals surface area contributed by atoms with Crippen molar-refractivity contribution in [3.63, 3.8) is 0 Å². The van der Waals surface area contributed by atoms with Crippen molar-refractivity contribution in [1.29, 1.82) is 0 Å². The second kappa shape index (κ2) is 10.8. The zero-order valence-electron chi connectivity index (χ0n) is 27.7. The highest BCUT2D eigenvalue weighted by Crippen LogP contribution is 2.43. The fourth-order valence-corrected chi connectivity index (χ4v) is 8.47. The average Bonchev–Trinajstić information content (AvgIpc) is 3.84. The Balaban J connectivity index is 1.29. The zero-order valence-corrected chi connectivity index (χ0v) is 27.7. The second-order valence-corrected chi connectivity index (χ2v) is 13.4. The van der Waals surface area contributed by atoms with Gasteiger partial charge in [0.25, 0.3) is 0 Å². The molecule has 3 aromatic heterocycles. The van der Waals surface area contributed by atoms with Crippen molar-refractivity contribution in [3.8, 4) is 28.2 Å². The first kappa shape index (κ1) is 28.0. The first-order valence-corrected chi connectivity index (χ1v) is 17.5. The van der Waals surface area contributed by atoms with Crippen LogP contribution >= 0.6 is 0 Å². The number of hydrogen-bond donors (Lipinski definition) is 0. The van der Waals surface area contributed by atoms with E-state index in [4.69, 9.17) is 0 Å². The normalized spacial score (nSPS) is 11.9. The van der Waals surface area contributed by atoms with Crippen LogP contribution < -0.4 is 0 Å². The monoisotopic (exact) mass is 649 g/mol. The van der Waals surface area contributed by atoms with Gasteiger partial charge in [0.05, 0.1) is 33.1 Å². The number of rotatable bonds is 4. The molecule has 0 saturated carbocycles. The van der Waals surface area contributed by atoms with Crippen LogP contribution in [0.1, 0.15) is 0 Å². The highest BCUT2D eigenvalue weighted by atomic mass is 15.0. The van der Waals surface area contributed by atoms with Gasteiger partial charge in [-0.15, -0.1) is 0 Å². The molecular weight excluding hydrogens is 619 g/mol. The van der Waals surface area contributed by atoms with Crippen LogP contribution in [0.2, 0.25) is 0 Å². The van der Waals surface area contributed by atoms with E-state index in [-0.39, 0.29) is 0 Å². The lowest BCUT2D eigenvalue weighted by atomic mass is 10.0. The summed E-state index contributed by atoms with van der Waals surface area (Å²) in [6.07, 6.45) is 0. The van der Waals surface area contributed by atoms with Gasteiger partial charge in [0, 0.05) is 49.4 Å². The largest absolute Gasteiger partial charge is 0.309 e. The molecule has 0 N–H and O–H groups in total. The van der Waals surface area contributed by atoms with Crippen molar-refractivity contribution < 1.29 is 0 Å². The summed E-state index contributed by atoms with van der Waals surface area (Å²) in [5, 5.41) is 7.50. The predicted molar refractivity (Wildman–Crippen MR) is 215 cm³/mol. The Bertz CT molecular complexity index is 3070. The molecule has 0 fully saturated rings. The van der Waals surface area contributed by atoms with Crippen LogP contribution in [-0.4, -0.2) is 13.7 Å². The quantitative estimate of drug-likeness (QED) is 0.180. The third-order valence-electron chi connectivity index (χ3n) is 10.6. The molecule has 3 heteroatoms. The Kier molecular flexibility index (Phi) is 5.96. The molecule has 0 bridgehead atoms. The minimum atomic E-state index is 1.14. The number of para-hydroxylation sites is 4. The van der Waals surface area contributed by atoms with Crippen molar-refractivity contribution in [2.75, 3.05) is 0 Å². The average molecular weight is 650 g/mol. The number of benzene rings is 8. The summed E-state index contributed by atoms with van der Waals surface area (Å²) >= 11 is 0. The number of fused-ring (bicyclic) bond motifs is 10. The summed E-state index contributed by atoms with van der Waals surface area (Å²) in [5.74, 6) is 0. The molecule has 51 heavy (non-hydrogen) atoms. The Morgan fingerprint density at radius 3 is 1.49 bits per heavy atom. The van der Waals surface area contributed by atoms with Crippen LogP contribution in [0.25, 0.3) is 93.6 Å². The first-order valence-electron chi connectivity index (χ1n) is 17.5. The van der Waals surface area contributed by atoms with Crippen molar-refractivity contribution in [1.82, 2.24) is 13.7 Å². The van der Waals surface area contributed by atoms with Gasteiger partial charge >= 0.3 is 0 Å². The van der Waals surface area contributed by atoms with E-state index in [1.165, 1.54) is 76.5 Å². The van der Waals surface area contributed by atoms with Crippen molar-refractivity contribution >= 4 is 65.4 Å². The molecule has 0 aliphatic heterocycles. The Labute approximate surface area is 294 Å². The van der Waals surface area contributed by atoms with E-state index < -0.39 is 0 Å². The molecule has 0 unspecified atom stereocenters. The molecule has 8 aromatic carbocycles. The lowest BCUT2D eigenvalue weighted by Crippen LogP contribution is -1.96. The zero-order chi connectivity index (χ0) is 33.5. The van der Waals surface area contributed by atoms with E-state index in [9.17, 15) is 0 Å². The number of hydrogen-bond acceptors (Lipinski definition) is 0. The standard InChI is InChI=1S/C48H31N3/c1-3-14-32(15-4-1)33-16-13-19-35(30-33)51-45-28-26-36(50-42-23-10-7-20-37(42)38-21-8-11-24-43(38)50)31-41(45)39-27-29-46-47(48(39)51)40-22-9-12-25-44(40)49(46)34-17-5-2-6-18-34/h1-31H. The Morgan fingerprint density at radius 2 is 0.765 bits per heavy atom. The minimum absolute atomic E-state index is 1.14. The number of aromatic nitrogens is 3. The SMILES string of the molecule is c1ccc(-c2cccc(-n3c4ccc(-n5c6ccccc6c6ccccc65)cc4c4ccc5c(c6ccccc6n5-c5ccccc5)c43)c2)cc1. The molecule has 11 aromatic rings. The van der Waals surface area contributed by atoms with Gasteiger partial charge in [-0.25, -0.2) is 0 Å². The highest BCUT2D eigenvalue weighted by molar-refractivity contribution is 6.26. The van der Waals surface area contributed by atoms with E-state index in [0.29, 0.717) is 0 Å². The van der Waals surface area contributed by atoms with E-state index in [1.54, 1.807) is 0 Å². The van der Waals surface area contributed by atoms with E-state index in [1.807, 2.05) is 0 Å². The number of nitrogens with zero attached hydrogens (tertiary/aromatic N) is 3. The highest BCUT2D eigenvalue weighted by Gasteiger charge is 2.22. The lowest BCUT2D eigenvalue weighted by molar-refractivity contribution is 1.17. The van der Waals surface area contributed by atoms with Crippen LogP contribution in [0, 0.1) is 0 Å². The Hall–Kier alpha value is -6.84. The third-order valence-corrected chi connectivity index (χ3v) is 10.6. The first-order chi connectivity index (χ1) is 25.3. The van der Waals surface area contributed by atoms with Gasteiger partial charge in [-0.2, -0.15) is 0 Å². The summed E-state index contributed by atoms with van der Waals surface area (Å²) in [6.45, 7) is 0. The second-order valence-electron chi connectivity index (χ2n) is 13.4. The van der Waals surface area contributed by atoms with Gasteiger partial charge in [0.1, 0.15) is 0 Å². The molecule has 0 spiro atoms. The van der Waals surface area contributed by atoms with Crippen LogP contribution in [-0.2, 0) is 0 Å². The van der Waals surface area contributed by atoms with Crippen LogP contribution in [0.5, 0.6) is 0 Å². The van der Waals surface area contributed by atoms with E-state index in [2.05, 4.69) is 202 Å². The molecule has 0 saturated heterocycles. The van der Waals surface area contributed by atoms with Gasteiger partial charge in [0.2, 0.25) is 0 Å². The predicted octanol–water partition coefficient (Wildman–Crippen LogP) is 12.6. The maximum absolute atomic E-state index is 2.50. The molecule has 0 amide bonds. The molecule has 0 aliphatic rings. The van der Waals surface area contributed by atoms with Crippen LogP contribution in [0.4, 0.5) is 0 Å². The summed E-state index contributed by atoms with van der Waals surface area (Å²) in [7, 11) is 0. The van der Waals surface area contributed by atoms with Gasteiger partial charge in [-0.05, 0) is 77.9 Å². The Morgan fingerprint density at radius 1 is 0.255 bits per heavy atom. The molecule has 3 heterocycles. The topological polar surface area (TPSA) is 14.8 Å². The summed E-state index contributed by atoms with van der Waals surface area (Å²) in [5.41, 5.74) is 13.1. The van der Waals surface area contributed by atoms with Crippen molar-refractivity contribution in [2.24, 2.45) is 0 Å². The van der Waals surface area contributed by atoms with Crippen LogP contribution in [0.3, 0.4) is 0 Å². The van der Waals surface area contributed by atoms with Gasteiger partial charge in [-0.1, -0.05) is 121 Å². The van der Waals surface area contributed by atoms with Gasteiger partial charge in [0.15, 0.2) is 0 Å². The molecule has 0 atom stereocenters. The van der Waals surface area contributed by atoms with Crippen molar-refractivity contribution in [2.45, 2.75) is 0 Å². The molecule has 0 radical (unpaired) electrons. The maximum Gasteiger partial charge on any atom is 0.0641 e. The summed E-state index contributed by atoms with van der Waals surface area (Å²) in [6, 6.07) is 68.4. The van der Waals surface area contributed by atoms with E-state index >= 15 is 0 Å². The molecule has 11 rings (SSSR count). The van der Waals surface area contributed by atoms with Crippen LogP contribution in [0.15, 0.2) is 188 Å². The molecular formula is C48H31N3.